The molecule has 0 saturated carbocycles. The lowest BCUT2D eigenvalue weighted by atomic mass is 10.0. The Kier molecular flexibility index (Phi) is 3.13. The highest BCUT2D eigenvalue weighted by Crippen LogP contribution is 2.32. The third kappa shape index (κ3) is 1.85. The second kappa shape index (κ2) is 4.77. The molecule has 0 aromatic carbocycles. The molecule has 0 aliphatic heterocycles. The number of hydrogen-bond acceptors (Lipinski definition) is 5. The van der Waals surface area contributed by atoms with E-state index in [1.54, 1.807) is 28.2 Å². The molecule has 0 bridgehead atoms. The lowest BCUT2D eigenvalue weighted by Gasteiger charge is -2.14. The standard InChI is InChI=1S/C11H10BrN5S/c12-9-6-18-5-8(9)11(16-13)7-3-15-17-2-1-14-4-10(7)17/h1-6,11,16H,13H2. The second-order valence-corrected chi connectivity index (χ2v) is 5.38. The quantitative estimate of drug-likeness (QED) is 0.572. The van der Waals surface area contributed by atoms with Crippen LogP contribution < -0.4 is 11.3 Å². The van der Waals surface area contributed by atoms with Crippen molar-refractivity contribution in [3.05, 3.63) is 51.1 Å². The van der Waals surface area contributed by atoms with E-state index in [4.69, 9.17) is 5.84 Å². The average molecular weight is 324 g/mol. The maximum Gasteiger partial charge on any atom is 0.0896 e. The van der Waals surface area contributed by atoms with Crippen molar-refractivity contribution in [3.63, 3.8) is 0 Å². The summed E-state index contributed by atoms with van der Waals surface area (Å²) in [5, 5.41) is 8.39. The monoisotopic (exact) mass is 323 g/mol. The van der Waals surface area contributed by atoms with Gasteiger partial charge in [0, 0.05) is 27.8 Å². The van der Waals surface area contributed by atoms with Crippen LogP contribution in [0.3, 0.4) is 0 Å². The Bertz CT molecular complexity index is 677. The molecule has 3 N–H and O–H groups in total. The summed E-state index contributed by atoms with van der Waals surface area (Å²) >= 11 is 5.16. The molecule has 0 aliphatic carbocycles. The molecule has 5 nitrogen and oxygen atoms in total. The number of aromatic nitrogens is 3. The van der Waals surface area contributed by atoms with Gasteiger partial charge < -0.3 is 0 Å². The van der Waals surface area contributed by atoms with Gasteiger partial charge in [0.05, 0.1) is 24.0 Å². The number of nitrogens with two attached hydrogens (primary N) is 1. The van der Waals surface area contributed by atoms with Crippen LogP contribution in [0.25, 0.3) is 5.52 Å². The molecule has 0 saturated heterocycles. The summed E-state index contributed by atoms with van der Waals surface area (Å²) < 4.78 is 2.83. The van der Waals surface area contributed by atoms with Gasteiger partial charge in [-0.1, -0.05) is 0 Å². The molecule has 0 aliphatic rings. The molecule has 1 atom stereocenters. The van der Waals surface area contributed by atoms with Crippen molar-refractivity contribution < 1.29 is 0 Å². The lowest BCUT2D eigenvalue weighted by Crippen LogP contribution is -2.28. The molecule has 18 heavy (non-hydrogen) atoms. The van der Waals surface area contributed by atoms with Crippen LogP contribution >= 0.6 is 27.3 Å². The Morgan fingerprint density at radius 2 is 2.22 bits per heavy atom. The molecule has 0 radical (unpaired) electrons. The van der Waals surface area contributed by atoms with Crippen LogP contribution in [0.15, 0.2) is 40.0 Å². The van der Waals surface area contributed by atoms with Gasteiger partial charge >= 0.3 is 0 Å². The fourth-order valence-corrected chi connectivity index (χ4v) is 3.47. The van der Waals surface area contributed by atoms with Crippen LogP contribution in [0.4, 0.5) is 0 Å². The topological polar surface area (TPSA) is 68.2 Å². The van der Waals surface area contributed by atoms with E-state index in [-0.39, 0.29) is 6.04 Å². The summed E-state index contributed by atoms with van der Waals surface area (Å²) in [6.07, 6.45) is 7.11. The van der Waals surface area contributed by atoms with Gasteiger partial charge in [-0.05, 0) is 26.9 Å². The highest BCUT2D eigenvalue weighted by atomic mass is 79.9. The molecule has 3 rings (SSSR count). The van der Waals surface area contributed by atoms with Crippen LogP contribution in [0.5, 0.6) is 0 Å². The Hall–Kier alpha value is -1.28. The smallest absolute Gasteiger partial charge is 0.0896 e. The molecule has 3 aromatic rings. The first-order chi connectivity index (χ1) is 8.81. The molecule has 92 valence electrons. The van der Waals surface area contributed by atoms with Gasteiger partial charge in [0.2, 0.25) is 0 Å². The lowest BCUT2D eigenvalue weighted by molar-refractivity contribution is 0.640. The summed E-state index contributed by atoms with van der Waals surface area (Å²) in [5.74, 6) is 5.69. The number of hydrazine groups is 1. The van der Waals surface area contributed by atoms with E-state index in [1.807, 2.05) is 17.8 Å². The molecular weight excluding hydrogens is 314 g/mol. The average Bonchev–Trinajstić information content (AvgIpc) is 2.99. The van der Waals surface area contributed by atoms with E-state index in [0.29, 0.717) is 0 Å². The molecule has 3 heterocycles. The van der Waals surface area contributed by atoms with E-state index >= 15 is 0 Å². The summed E-state index contributed by atoms with van der Waals surface area (Å²) in [5.41, 5.74) is 5.88. The number of fused-ring (bicyclic) bond motifs is 1. The molecule has 0 fully saturated rings. The number of rotatable bonds is 3. The second-order valence-electron chi connectivity index (χ2n) is 3.78. The number of nitrogens with zero attached hydrogens (tertiary/aromatic N) is 3. The van der Waals surface area contributed by atoms with Crippen molar-refractivity contribution in [3.8, 4) is 0 Å². The Morgan fingerprint density at radius 1 is 1.33 bits per heavy atom. The van der Waals surface area contributed by atoms with Gasteiger partial charge in [0.15, 0.2) is 0 Å². The van der Waals surface area contributed by atoms with Crippen molar-refractivity contribution in [2.75, 3.05) is 0 Å². The number of nitrogens with one attached hydrogen (secondary N) is 1. The van der Waals surface area contributed by atoms with Crippen LogP contribution in [0.1, 0.15) is 17.2 Å². The molecule has 0 spiro atoms. The number of halogens is 1. The highest BCUT2D eigenvalue weighted by molar-refractivity contribution is 9.10. The molecule has 0 amide bonds. The van der Waals surface area contributed by atoms with Crippen molar-refractivity contribution in [2.45, 2.75) is 6.04 Å². The molecular formula is C11H10BrN5S. The third-order valence-corrected chi connectivity index (χ3v) is 4.54. The Morgan fingerprint density at radius 3 is 2.94 bits per heavy atom. The van der Waals surface area contributed by atoms with E-state index < -0.39 is 0 Å². The highest BCUT2D eigenvalue weighted by Gasteiger charge is 2.20. The molecule has 1 unspecified atom stereocenters. The van der Waals surface area contributed by atoms with Gasteiger partial charge in [-0.15, -0.1) is 0 Å². The van der Waals surface area contributed by atoms with Crippen LogP contribution in [-0.4, -0.2) is 14.6 Å². The van der Waals surface area contributed by atoms with Crippen molar-refractivity contribution in [2.24, 2.45) is 5.84 Å². The van der Waals surface area contributed by atoms with Crippen LogP contribution in [0.2, 0.25) is 0 Å². The normalized spacial score (nSPS) is 13.0. The fraction of sp³-hybridized carbons (Fsp3) is 0.0909. The van der Waals surface area contributed by atoms with Crippen molar-refractivity contribution in [1.82, 2.24) is 20.0 Å². The summed E-state index contributed by atoms with van der Waals surface area (Å²) in [6, 6.07) is -0.104. The van der Waals surface area contributed by atoms with Gasteiger partial charge in [-0.25, -0.2) is 9.94 Å². The van der Waals surface area contributed by atoms with Crippen molar-refractivity contribution >= 4 is 32.8 Å². The van der Waals surface area contributed by atoms with E-state index in [2.05, 4.69) is 36.8 Å². The predicted molar refractivity (Wildman–Crippen MR) is 74.2 cm³/mol. The minimum atomic E-state index is -0.104. The molecule has 3 aromatic heterocycles. The van der Waals surface area contributed by atoms with Gasteiger partial charge in [-0.2, -0.15) is 16.4 Å². The first-order valence-electron chi connectivity index (χ1n) is 5.26. The van der Waals surface area contributed by atoms with E-state index in [1.165, 1.54) is 0 Å². The number of thiophene rings is 1. The van der Waals surface area contributed by atoms with Gasteiger partial charge in [0.1, 0.15) is 0 Å². The zero-order valence-electron chi connectivity index (χ0n) is 9.25. The minimum absolute atomic E-state index is 0.104. The maximum absolute atomic E-state index is 5.69. The first-order valence-corrected chi connectivity index (χ1v) is 7.00. The zero-order valence-corrected chi connectivity index (χ0v) is 11.6. The van der Waals surface area contributed by atoms with E-state index in [9.17, 15) is 0 Å². The van der Waals surface area contributed by atoms with Crippen LogP contribution in [0, 0.1) is 0 Å². The Labute approximate surface area is 116 Å². The predicted octanol–water partition coefficient (Wildman–Crippen LogP) is 2.11. The maximum atomic E-state index is 5.69. The van der Waals surface area contributed by atoms with E-state index in [0.717, 1.165) is 21.1 Å². The van der Waals surface area contributed by atoms with Gasteiger partial charge in [-0.3, -0.25) is 10.8 Å². The van der Waals surface area contributed by atoms with Crippen LogP contribution in [-0.2, 0) is 0 Å². The summed E-state index contributed by atoms with van der Waals surface area (Å²) in [4.78, 5) is 4.13. The third-order valence-electron chi connectivity index (χ3n) is 2.79. The molecule has 7 heteroatoms. The number of hydrogen-bond donors (Lipinski definition) is 2. The SMILES string of the molecule is NNC(c1cscc1Br)c1cnn2ccncc12. The fourth-order valence-electron chi connectivity index (χ4n) is 1.92. The van der Waals surface area contributed by atoms with Crippen molar-refractivity contribution in [1.29, 1.82) is 0 Å². The largest absolute Gasteiger partial charge is 0.271 e. The van der Waals surface area contributed by atoms with Gasteiger partial charge in [0.25, 0.3) is 0 Å². The summed E-state index contributed by atoms with van der Waals surface area (Å²) in [7, 11) is 0. The summed E-state index contributed by atoms with van der Waals surface area (Å²) in [6.45, 7) is 0. The first kappa shape index (κ1) is 11.8. The Balaban J connectivity index is 2.15. The zero-order chi connectivity index (χ0) is 12.5. The minimum Gasteiger partial charge on any atom is -0.271 e.